The highest BCUT2D eigenvalue weighted by Crippen LogP contribution is 2.47. The highest BCUT2D eigenvalue weighted by molar-refractivity contribution is 7.98. The molecule has 0 aliphatic heterocycles. The van der Waals surface area contributed by atoms with Gasteiger partial charge in [-0.05, 0) is 37.5 Å². The predicted octanol–water partition coefficient (Wildman–Crippen LogP) is 5.21. The van der Waals surface area contributed by atoms with Crippen LogP contribution in [0.5, 0.6) is 0 Å². The Balaban J connectivity index is 1.42. The van der Waals surface area contributed by atoms with Crippen LogP contribution in [-0.4, -0.2) is 17.4 Å². The summed E-state index contributed by atoms with van der Waals surface area (Å²) in [5.41, 5.74) is 3.26. The summed E-state index contributed by atoms with van der Waals surface area (Å²) in [5.74, 6) is 0.789. The second-order valence-electron chi connectivity index (χ2n) is 6.97. The second kappa shape index (κ2) is 7.87. The maximum Gasteiger partial charge on any atom is 0.252 e. The molecule has 1 aliphatic carbocycles. The zero-order chi connectivity index (χ0) is 18.7. The predicted molar refractivity (Wildman–Crippen MR) is 113 cm³/mol. The minimum atomic E-state index is 0.00904. The summed E-state index contributed by atoms with van der Waals surface area (Å²) in [7, 11) is 0. The average Bonchev–Trinajstić information content (AvgIpc) is 3.39. The number of carbonyl (C=O) groups is 1. The van der Waals surface area contributed by atoms with E-state index in [4.69, 9.17) is 0 Å². The van der Waals surface area contributed by atoms with Gasteiger partial charge in [-0.1, -0.05) is 42.5 Å². The van der Waals surface area contributed by atoms with Crippen molar-refractivity contribution in [2.75, 3.05) is 6.54 Å². The van der Waals surface area contributed by atoms with E-state index in [2.05, 4.69) is 39.9 Å². The van der Waals surface area contributed by atoms with Crippen LogP contribution in [0.3, 0.4) is 0 Å². The molecular formula is C22H22N2OS2. The monoisotopic (exact) mass is 394 g/mol. The Morgan fingerprint density at radius 2 is 1.89 bits per heavy atom. The normalized spacial score (nSPS) is 14.7. The number of rotatable bonds is 7. The molecular weight excluding hydrogens is 372 g/mol. The molecule has 5 heteroatoms. The molecule has 138 valence electrons. The van der Waals surface area contributed by atoms with E-state index in [-0.39, 0.29) is 11.3 Å². The van der Waals surface area contributed by atoms with Crippen molar-refractivity contribution in [2.45, 2.75) is 35.8 Å². The molecule has 3 aromatic rings. The Labute approximate surface area is 168 Å². The number of carbonyl (C=O) groups excluding carboxylic acids is 1. The topological polar surface area (TPSA) is 42.0 Å². The SMILES string of the molecule is Cc1nc(CSc2ccccc2C(=O)NCC2(c3ccccc3)CC2)cs1. The summed E-state index contributed by atoms with van der Waals surface area (Å²) in [4.78, 5) is 18.4. The molecule has 27 heavy (non-hydrogen) atoms. The number of thiazole rings is 1. The number of hydrogen-bond donors (Lipinski definition) is 1. The number of nitrogens with zero attached hydrogens (tertiary/aromatic N) is 1. The van der Waals surface area contributed by atoms with Crippen LogP contribution in [0.1, 0.15) is 39.5 Å². The van der Waals surface area contributed by atoms with Crippen LogP contribution in [0.25, 0.3) is 0 Å². The Kier molecular flexibility index (Phi) is 5.32. The van der Waals surface area contributed by atoms with Crippen LogP contribution in [0, 0.1) is 6.92 Å². The molecule has 0 unspecified atom stereocenters. The van der Waals surface area contributed by atoms with E-state index >= 15 is 0 Å². The van der Waals surface area contributed by atoms with Gasteiger partial charge in [-0.15, -0.1) is 23.1 Å². The van der Waals surface area contributed by atoms with Gasteiger partial charge in [-0.2, -0.15) is 0 Å². The number of thioether (sulfide) groups is 1. The van der Waals surface area contributed by atoms with Crippen molar-refractivity contribution in [3.63, 3.8) is 0 Å². The first-order chi connectivity index (χ1) is 13.2. The van der Waals surface area contributed by atoms with E-state index in [1.54, 1.807) is 23.1 Å². The van der Waals surface area contributed by atoms with Gasteiger partial charge >= 0.3 is 0 Å². The van der Waals surface area contributed by atoms with Crippen LogP contribution in [0.15, 0.2) is 64.9 Å². The maximum atomic E-state index is 12.8. The average molecular weight is 395 g/mol. The van der Waals surface area contributed by atoms with Crippen LogP contribution < -0.4 is 5.32 Å². The first-order valence-corrected chi connectivity index (χ1v) is 11.0. The summed E-state index contributed by atoms with van der Waals surface area (Å²) < 4.78 is 0. The van der Waals surface area contributed by atoms with Crippen LogP contribution in [0.2, 0.25) is 0 Å². The van der Waals surface area contributed by atoms with Gasteiger partial charge < -0.3 is 5.32 Å². The molecule has 2 aromatic carbocycles. The fourth-order valence-electron chi connectivity index (χ4n) is 3.26. The lowest BCUT2D eigenvalue weighted by Gasteiger charge is -2.17. The maximum absolute atomic E-state index is 12.8. The van der Waals surface area contributed by atoms with Crippen LogP contribution in [0.4, 0.5) is 0 Å². The van der Waals surface area contributed by atoms with Gasteiger partial charge in [0.2, 0.25) is 0 Å². The molecule has 0 atom stereocenters. The van der Waals surface area contributed by atoms with Gasteiger partial charge in [0.25, 0.3) is 5.91 Å². The van der Waals surface area contributed by atoms with E-state index in [9.17, 15) is 4.79 Å². The minimum Gasteiger partial charge on any atom is -0.351 e. The lowest BCUT2D eigenvalue weighted by Crippen LogP contribution is -2.32. The van der Waals surface area contributed by atoms with Crippen molar-refractivity contribution >= 4 is 29.0 Å². The Morgan fingerprint density at radius 3 is 2.59 bits per heavy atom. The first kappa shape index (κ1) is 18.3. The van der Waals surface area contributed by atoms with E-state index < -0.39 is 0 Å². The summed E-state index contributed by atoms with van der Waals surface area (Å²) in [5, 5.41) is 6.34. The summed E-state index contributed by atoms with van der Waals surface area (Å²) in [6, 6.07) is 18.3. The third kappa shape index (κ3) is 4.25. The Morgan fingerprint density at radius 1 is 1.15 bits per heavy atom. The van der Waals surface area contributed by atoms with E-state index in [0.717, 1.165) is 39.8 Å². The summed E-state index contributed by atoms with van der Waals surface area (Å²) in [6.07, 6.45) is 2.27. The molecule has 0 radical (unpaired) electrons. The second-order valence-corrected chi connectivity index (χ2v) is 9.05. The zero-order valence-electron chi connectivity index (χ0n) is 15.3. The summed E-state index contributed by atoms with van der Waals surface area (Å²) in [6.45, 7) is 2.71. The van der Waals surface area contributed by atoms with Crippen molar-refractivity contribution in [2.24, 2.45) is 0 Å². The fourth-order valence-corrected chi connectivity index (χ4v) is 4.92. The third-order valence-electron chi connectivity index (χ3n) is 5.00. The van der Waals surface area contributed by atoms with Crippen molar-refractivity contribution < 1.29 is 4.79 Å². The van der Waals surface area contributed by atoms with Gasteiger partial charge in [0.05, 0.1) is 16.3 Å². The molecule has 1 aromatic heterocycles. The van der Waals surface area contributed by atoms with E-state index in [1.807, 2.05) is 37.3 Å². The van der Waals surface area contributed by atoms with Gasteiger partial charge in [0.15, 0.2) is 0 Å². The minimum absolute atomic E-state index is 0.00904. The number of benzene rings is 2. The van der Waals surface area contributed by atoms with Gasteiger partial charge in [-0.3, -0.25) is 4.79 Å². The molecule has 1 heterocycles. The van der Waals surface area contributed by atoms with Crippen LogP contribution in [-0.2, 0) is 11.2 Å². The fraction of sp³-hybridized carbons (Fsp3) is 0.273. The highest BCUT2D eigenvalue weighted by Gasteiger charge is 2.44. The molecule has 1 amide bonds. The zero-order valence-corrected chi connectivity index (χ0v) is 16.9. The number of aryl methyl sites for hydroxylation is 1. The first-order valence-electron chi connectivity index (χ1n) is 9.13. The van der Waals surface area contributed by atoms with Gasteiger partial charge in [0, 0.05) is 28.0 Å². The molecule has 1 aliphatic rings. The van der Waals surface area contributed by atoms with Gasteiger partial charge in [0.1, 0.15) is 0 Å². The third-order valence-corrected chi connectivity index (χ3v) is 6.93. The molecule has 1 saturated carbocycles. The van der Waals surface area contributed by atoms with Crippen molar-refractivity contribution in [3.05, 3.63) is 81.8 Å². The number of amides is 1. The number of aromatic nitrogens is 1. The lowest BCUT2D eigenvalue weighted by molar-refractivity contribution is 0.0947. The molecule has 0 bridgehead atoms. The van der Waals surface area contributed by atoms with Crippen molar-refractivity contribution in [3.8, 4) is 0 Å². The Bertz CT molecular complexity index is 932. The van der Waals surface area contributed by atoms with Crippen LogP contribution >= 0.6 is 23.1 Å². The van der Waals surface area contributed by atoms with Crippen molar-refractivity contribution in [1.82, 2.24) is 10.3 Å². The molecule has 3 nitrogen and oxygen atoms in total. The molecule has 0 saturated heterocycles. The number of nitrogens with one attached hydrogen (secondary N) is 1. The standard InChI is InChI=1S/C22H22N2OS2/c1-16-24-18(13-26-16)14-27-20-10-6-5-9-19(20)21(25)23-15-22(11-12-22)17-7-3-2-4-8-17/h2-10,13H,11-12,14-15H2,1H3,(H,23,25). The summed E-state index contributed by atoms with van der Waals surface area (Å²) >= 11 is 3.33. The molecule has 0 spiro atoms. The van der Waals surface area contributed by atoms with Crippen molar-refractivity contribution in [1.29, 1.82) is 0 Å². The molecule has 1 fully saturated rings. The lowest BCUT2D eigenvalue weighted by atomic mass is 9.96. The number of hydrogen-bond acceptors (Lipinski definition) is 4. The highest BCUT2D eigenvalue weighted by atomic mass is 32.2. The quantitative estimate of drug-likeness (QED) is 0.560. The molecule has 4 rings (SSSR count). The largest absolute Gasteiger partial charge is 0.351 e. The Hall–Kier alpha value is -2.11. The van der Waals surface area contributed by atoms with Gasteiger partial charge in [-0.25, -0.2) is 4.98 Å². The van der Waals surface area contributed by atoms with E-state index in [1.165, 1.54) is 5.56 Å². The smallest absolute Gasteiger partial charge is 0.252 e. The molecule has 1 N–H and O–H groups in total. The van der Waals surface area contributed by atoms with E-state index in [0.29, 0.717) is 6.54 Å².